The normalized spacial score (nSPS) is 25.3. The van der Waals surface area contributed by atoms with Gasteiger partial charge in [0, 0.05) is 12.6 Å². The molecule has 1 aliphatic carbocycles. The Balaban J connectivity index is 1.83. The molecule has 2 aliphatic rings. The lowest BCUT2D eigenvalue weighted by Crippen LogP contribution is -2.48. The fourth-order valence-corrected chi connectivity index (χ4v) is 3.55. The molecule has 0 spiro atoms. The van der Waals surface area contributed by atoms with Gasteiger partial charge in [-0.2, -0.15) is 0 Å². The summed E-state index contributed by atoms with van der Waals surface area (Å²) in [4.78, 5) is 12.9. The van der Waals surface area contributed by atoms with Gasteiger partial charge in [0.05, 0.1) is 29.5 Å². The van der Waals surface area contributed by atoms with Gasteiger partial charge in [0.1, 0.15) is 0 Å². The first-order valence-corrected chi connectivity index (χ1v) is 7.62. The Morgan fingerprint density at radius 1 is 1.43 bits per heavy atom. The van der Waals surface area contributed by atoms with Gasteiger partial charge < -0.3 is 14.7 Å². The highest BCUT2D eigenvalue weighted by molar-refractivity contribution is 6.33. The first-order valence-electron chi connectivity index (χ1n) is 7.24. The first-order chi connectivity index (χ1) is 10.1. The average Bonchev–Trinajstić information content (AvgIpc) is 2.94. The molecule has 1 saturated heterocycles. The van der Waals surface area contributed by atoms with Crippen molar-refractivity contribution < 1.29 is 14.6 Å². The molecule has 1 aromatic rings. The lowest BCUT2D eigenvalue weighted by atomic mass is 10.1. The summed E-state index contributed by atoms with van der Waals surface area (Å²) in [6, 6.07) is 6.11. The Morgan fingerprint density at radius 2 is 2.29 bits per heavy atom. The molecule has 112 valence electrons. The van der Waals surface area contributed by atoms with Crippen molar-refractivity contribution in [1.82, 2.24) is 0 Å². The fourth-order valence-electron chi connectivity index (χ4n) is 3.25. The first kappa shape index (κ1) is 14.4. The van der Waals surface area contributed by atoms with E-state index >= 15 is 0 Å². The minimum absolute atomic E-state index is 0.321. The Bertz CT molecular complexity index is 573. The number of nitrogens with zero attached hydrogens (tertiary/aromatic N) is 1. The van der Waals surface area contributed by atoms with Gasteiger partial charge in [-0.05, 0) is 43.0 Å². The second-order valence-corrected chi connectivity index (χ2v) is 5.89. The predicted molar refractivity (Wildman–Crippen MR) is 82.8 cm³/mol. The van der Waals surface area contributed by atoms with E-state index in [9.17, 15) is 4.79 Å². The zero-order chi connectivity index (χ0) is 14.8. The zero-order valence-corrected chi connectivity index (χ0v) is 12.4. The van der Waals surface area contributed by atoms with Gasteiger partial charge in [0.25, 0.3) is 0 Å². The third kappa shape index (κ3) is 3.06. The largest absolute Gasteiger partial charge is 0.478 e. The van der Waals surface area contributed by atoms with Crippen LogP contribution in [-0.2, 0) is 9.53 Å². The van der Waals surface area contributed by atoms with Crippen LogP contribution in [0.2, 0.25) is 5.02 Å². The smallest absolute Gasteiger partial charge is 0.328 e. The van der Waals surface area contributed by atoms with Gasteiger partial charge >= 0.3 is 5.97 Å². The average molecular weight is 308 g/mol. The minimum Gasteiger partial charge on any atom is -0.478 e. The number of aliphatic carboxylic acids is 1. The van der Waals surface area contributed by atoms with Crippen molar-refractivity contribution in [3.05, 3.63) is 34.9 Å². The van der Waals surface area contributed by atoms with Crippen molar-refractivity contribution in [2.24, 2.45) is 0 Å². The third-order valence-corrected chi connectivity index (χ3v) is 4.48. The molecule has 1 heterocycles. The highest BCUT2D eigenvalue weighted by Crippen LogP contribution is 2.36. The molecule has 5 heteroatoms. The maximum absolute atomic E-state index is 10.6. The molecule has 2 unspecified atom stereocenters. The van der Waals surface area contributed by atoms with Crippen LogP contribution in [0.1, 0.15) is 24.8 Å². The summed E-state index contributed by atoms with van der Waals surface area (Å²) in [7, 11) is 0. The van der Waals surface area contributed by atoms with Crippen molar-refractivity contribution in [1.29, 1.82) is 0 Å². The molecule has 0 bridgehead atoms. The number of fused-ring (bicyclic) bond motifs is 1. The van der Waals surface area contributed by atoms with E-state index in [-0.39, 0.29) is 0 Å². The Kier molecular flexibility index (Phi) is 4.17. The van der Waals surface area contributed by atoms with Gasteiger partial charge in [-0.15, -0.1) is 0 Å². The molecular weight excluding hydrogens is 290 g/mol. The van der Waals surface area contributed by atoms with E-state index in [1.807, 2.05) is 18.2 Å². The van der Waals surface area contributed by atoms with Crippen molar-refractivity contribution in [2.75, 3.05) is 18.1 Å². The second kappa shape index (κ2) is 6.08. The Labute approximate surface area is 129 Å². The molecule has 1 saturated carbocycles. The van der Waals surface area contributed by atoms with Crippen LogP contribution in [0.25, 0.3) is 6.08 Å². The van der Waals surface area contributed by atoms with E-state index in [4.69, 9.17) is 21.4 Å². The lowest BCUT2D eigenvalue weighted by Gasteiger charge is -2.39. The van der Waals surface area contributed by atoms with Crippen LogP contribution in [0.3, 0.4) is 0 Å². The molecule has 0 aromatic heterocycles. The van der Waals surface area contributed by atoms with Crippen LogP contribution in [0.5, 0.6) is 0 Å². The van der Waals surface area contributed by atoms with E-state index in [0.717, 1.165) is 43.3 Å². The molecule has 21 heavy (non-hydrogen) atoms. The number of hydrogen-bond acceptors (Lipinski definition) is 3. The summed E-state index contributed by atoms with van der Waals surface area (Å²) in [5.74, 6) is -0.961. The Hall–Kier alpha value is -1.52. The van der Waals surface area contributed by atoms with E-state index in [2.05, 4.69) is 4.90 Å². The maximum atomic E-state index is 10.6. The molecule has 1 aromatic carbocycles. The minimum atomic E-state index is -0.961. The topological polar surface area (TPSA) is 49.8 Å². The number of ether oxygens (including phenoxy) is 1. The maximum Gasteiger partial charge on any atom is 0.328 e. The summed E-state index contributed by atoms with van der Waals surface area (Å²) in [6.45, 7) is 1.59. The summed E-state index contributed by atoms with van der Waals surface area (Å²) < 4.78 is 5.82. The molecule has 0 radical (unpaired) electrons. The molecule has 3 rings (SSSR count). The number of carbonyl (C=O) groups is 1. The fraction of sp³-hybridized carbons (Fsp3) is 0.438. The number of morpholine rings is 1. The van der Waals surface area contributed by atoms with E-state index < -0.39 is 5.97 Å². The van der Waals surface area contributed by atoms with Crippen LogP contribution in [-0.4, -0.2) is 36.4 Å². The lowest BCUT2D eigenvalue weighted by molar-refractivity contribution is -0.131. The van der Waals surface area contributed by atoms with Crippen molar-refractivity contribution in [2.45, 2.75) is 31.4 Å². The summed E-state index contributed by atoms with van der Waals surface area (Å²) in [5.41, 5.74) is 1.81. The standard InChI is InChI=1S/C16H18ClNO3/c17-12-10-11(5-7-16(19)20)4-6-13(12)18-8-9-21-15-3-1-2-14(15)18/h4-7,10,14-15H,1-3,8-9H2,(H,19,20)/b7-5+. The van der Waals surface area contributed by atoms with Crippen LogP contribution in [0.4, 0.5) is 5.69 Å². The Morgan fingerprint density at radius 3 is 3.05 bits per heavy atom. The quantitative estimate of drug-likeness (QED) is 0.871. The molecule has 4 nitrogen and oxygen atoms in total. The molecule has 0 amide bonds. The van der Waals surface area contributed by atoms with Gasteiger partial charge in [0.15, 0.2) is 0 Å². The monoisotopic (exact) mass is 307 g/mol. The third-order valence-electron chi connectivity index (χ3n) is 4.18. The number of carboxylic acids is 1. The SMILES string of the molecule is O=C(O)/C=C/c1ccc(N2CCOC3CCCC32)c(Cl)c1. The van der Waals surface area contributed by atoms with E-state index in [0.29, 0.717) is 17.2 Å². The highest BCUT2D eigenvalue weighted by atomic mass is 35.5. The number of benzene rings is 1. The second-order valence-electron chi connectivity index (χ2n) is 5.48. The number of halogens is 1. The van der Waals surface area contributed by atoms with Gasteiger partial charge in [-0.1, -0.05) is 17.7 Å². The van der Waals surface area contributed by atoms with Crippen LogP contribution < -0.4 is 4.90 Å². The van der Waals surface area contributed by atoms with Crippen LogP contribution in [0.15, 0.2) is 24.3 Å². The number of hydrogen-bond donors (Lipinski definition) is 1. The van der Waals surface area contributed by atoms with Crippen molar-refractivity contribution in [3.8, 4) is 0 Å². The number of carboxylic acid groups (broad SMARTS) is 1. The summed E-state index contributed by atoms with van der Waals surface area (Å²) >= 11 is 6.40. The van der Waals surface area contributed by atoms with E-state index in [1.165, 1.54) is 6.42 Å². The molecule has 1 N–H and O–H groups in total. The molecule has 2 fully saturated rings. The zero-order valence-electron chi connectivity index (χ0n) is 11.7. The number of rotatable bonds is 3. The van der Waals surface area contributed by atoms with Crippen LogP contribution in [0, 0.1) is 0 Å². The number of anilines is 1. The van der Waals surface area contributed by atoms with Gasteiger partial charge in [-0.3, -0.25) is 0 Å². The summed E-state index contributed by atoms with van der Waals surface area (Å²) in [6.07, 6.45) is 6.45. The van der Waals surface area contributed by atoms with Gasteiger partial charge in [0.2, 0.25) is 0 Å². The molecule has 2 atom stereocenters. The van der Waals surface area contributed by atoms with Gasteiger partial charge in [-0.25, -0.2) is 4.79 Å². The summed E-state index contributed by atoms with van der Waals surface area (Å²) in [5, 5.41) is 9.33. The van der Waals surface area contributed by atoms with Crippen molar-refractivity contribution >= 4 is 29.3 Å². The van der Waals surface area contributed by atoms with Crippen LogP contribution >= 0.6 is 11.6 Å². The molecule has 1 aliphatic heterocycles. The van der Waals surface area contributed by atoms with E-state index in [1.54, 1.807) is 6.08 Å². The molecular formula is C16H18ClNO3. The predicted octanol–water partition coefficient (Wildman–Crippen LogP) is 3.20. The highest BCUT2D eigenvalue weighted by Gasteiger charge is 2.36. The van der Waals surface area contributed by atoms with Crippen molar-refractivity contribution in [3.63, 3.8) is 0 Å².